The topological polar surface area (TPSA) is 66.0 Å². The Morgan fingerprint density at radius 3 is 2.59 bits per heavy atom. The number of carbonyl (C=O) groups is 1. The molecule has 1 amide bonds. The van der Waals surface area contributed by atoms with Crippen molar-refractivity contribution in [2.45, 2.75) is 26.4 Å². The zero-order valence-corrected chi connectivity index (χ0v) is 16.1. The van der Waals surface area contributed by atoms with Crippen LogP contribution in [0.5, 0.6) is 5.75 Å². The first-order chi connectivity index (χ1) is 12.7. The number of ether oxygens (including phenoxy) is 1. The van der Waals surface area contributed by atoms with Gasteiger partial charge in [-0.2, -0.15) is 13.2 Å². The molecule has 9 heteroatoms. The van der Waals surface area contributed by atoms with Gasteiger partial charge in [-0.05, 0) is 31.9 Å². The van der Waals surface area contributed by atoms with E-state index in [-0.39, 0.29) is 6.54 Å². The van der Waals surface area contributed by atoms with Crippen LogP contribution in [0.25, 0.3) is 0 Å². The van der Waals surface area contributed by atoms with E-state index in [4.69, 9.17) is 4.74 Å². The molecule has 0 aliphatic heterocycles. The van der Waals surface area contributed by atoms with E-state index >= 15 is 0 Å². The number of nitrogens with zero attached hydrogens (tertiary/aromatic N) is 2. The van der Waals surface area contributed by atoms with E-state index in [1.165, 1.54) is 0 Å². The number of amides is 1. The molecule has 1 rings (SSSR count). The third-order valence-corrected chi connectivity index (χ3v) is 3.68. The molecule has 0 heterocycles. The van der Waals surface area contributed by atoms with Gasteiger partial charge in [-0.1, -0.05) is 17.7 Å². The van der Waals surface area contributed by atoms with E-state index in [1.807, 2.05) is 32.0 Å². The van der Waals surface area contributed by atoms with Crippen molar-refractivity contribution in [3.05, 3.63) is 29.3 Å². The summed E-state index contributed by atoms with van der Waals surface area (Å²) < 4.78 is 42.4. The molecular weight excluding hydrogens is 361 g/mol. The Kier molecular flexibility index (Phi) is 8.90. The molecule has 0 fully saturated rings. The van der Waals surface area contributed by atoms with Crippen molar-refractivity contribution in [1.82, 2.24) is 15.5 Å². The normalized spacial score (nSPS) is 11.9. The third-order valence-electron chi connectivity index (χ3n) is 3.68. The minimum Gasteiger partial charge on any atom is -0.496 e. The fourth-order valence-corrected chi connectivity index (χ4v) is 2.38. The van der Waals surface area contributed by atoms with Gasteiger partial charge in [0.2, 0.25) is 5.91 Å². The predicted octanol–water partition coefficient (Wildman–Crippen LogP) is 2.12. The Morgan fingerprint density at radius 2 is 2.00 bits per heavy atom. The molecule has 0 aliphatic carbocycles. The second-order valence-electron chi connectivity index (χ2n) is 6.05. The van der Waals surface area contributed by atoms with Gasteiger partial charge in [0.25, 0.3) is 0 Å². The number of halogens is 3. The van der Waals surface area contributed by atoms with Gasteiger partial charge < -0.3 is 20.3 Å². The number of carbonyl (C=O) groups excluding carboxylic acids is 1. The summed E-state index contributed by atoms with van der Waals surface area (Å²) in [4.78, 5) is 16.5. The van der Waals surface area contributed by atoms with Crippen LogP contribution in [0.15, 0.2) is 23.2 Å². The van der Waals surface area contributed by atoms with Gasteiger partial charge >= 0.3 is 6.18 Å². The number of aryl methyl sites for hydroxylation is 1. The third kappa shape index (κ3) is 8.65. The Labute approximate surface area is 157 Å². The number of likely N-dealkylation sites (N-methyl/N-ethyl adjacent to an activating group) is 1. The van der Waals surface area contributed by atoms with Crippen LogP contribution < -0.4 is 15.4 Å². The van der Waals surface area contributed by atoms with E-state index in [9.17, 15) is 18.0 Å². The summed E-state index contributed by atoms with van der Waals surface area (Å²) in [6.45, 7) is 3.28. The number of nitrogens with one attached hydrogen (secondary N) is 2. The summed E-state index contributed by atoms with van der Waals surface area (Å²) >= 11 is 0. The van der Waals surface area contributed by atoms with E-state index < -0.39 is 18.6 Å². The van der Waals surface area contributed by atoms with Crippen LogP contribution in [0.2, 0.25) is 0 Å². The standard InChI is InChI=1S/C18H27F3N4O2/c1-5-22-17(24-11-16(26)25(3)12-18(19,20)21)23-9-8-14-10-13(2)6-7-15(14)27-4/h6-7,10H,5,8-9,11-12H2,1-4H3,(H2,22,23,24). The zero-order chi connectivity index (χ0) is 20.4. The maximum Gasteiger partial charge on any atom is 0.406 e. The number of hydrogen-bond acceptors (Lipinski definition) is 3. The van der Waals surface area contributed by atoms with Crippen molar-refractivity contribution < 1.29 is 22.7 Å². The Balaban J connectivity index is 2.62. The molecule has 0 saturated heterocycles. The molecule has 0 saturated carbocycles. The van der Waals surface area contributed by atoms with Crippen LogP contribution in [0, 0.1) is 6.92 Å². The molecule has 0 spiro atoms. The first kappa shape index (κ1) is 22.6. The average molecular weight is 388 g/mol. The highest BCUT2D eigenvalue weighted by atomic mass is 19.4. The summed E-state index contributed by atoms with van der Waals surface area (Å²) in [7, 11) is 2.71. The molecule has 0 aromatic heterocycles. The summed E-state index contributed by atoms with van der Waals surface area (Å²) in [6, 6.07) is 5.89. The monoisotopic (exact) mass is 388 g/mol. The quantitative estimate of drug-likeness (QED) is 0.529. The fraction of sp³-hybridized carbons (Fsp3) is 0.556. The van der Waals surface area contributed by atoms with Crippen molar-refractivity contribution >= 4 is 11.9 Å². The van der Waals surface area contributed by atoms with Crippen LogP contribution in [0.3, 0.4) is 0 Å². The Hall–Kier alpha value is -2.45. The first-order valence-electron chi connectivity index (χ1n) is 8.62. The molecule has 27 heavy (non-hydrogen) atoms. The van der Waals surface area contributed by atoms with Crippen LogP contribution in [-0.2, 0) is 11.2 Å². The number of hydrogen-bond donors (Lipinski definition) is 2. The van der Waals surface area contributed by atoms with E-state index in [2.05, 4.69) is 15.6 Å². The molecule has 1 aromatic carbocycles. The van der Waals surface area contributed by atoms with Crippen LogP contribution >= 0.6 is 0 Å². The van der Waals surface area contributed by atoms with Crippen LogP contribution in [0.1, 0.15) is 18.1 Å². The van der Waals surface area contributed by atoms with Crippen molar-refractivity contribution in [2.75, 3.05) is 40.3 Å². The van der Waals surface area contributed by atoms with Gasteiger partial charge in [0.05, 0.1) is 7.11 Å². The highest BCUT2D eigenvalue weighted by molar-refractivity contribution is 5.84. The minimum atomic E-state index is -4.43. The van der Waals surface area contributed by atoms with Gasteiger partial charge in [-0.15, -0.1) is 0 Å². The maximum atomic E-state index is 12.3. The Bertz CT molecular complexity index is 648. The smallest absolute Gasteiger partial charge is 0.406 e. The number of aliphatic imine (C=N–C) groups is 1. The van der Waals surface area contributed by atoms with Gasteiger partial charge in [-0.25, -0.2) is 4.99 Å². The second-order valence-corrected chi connectivity index (χ2v) is 6.05. The van der Waals surface area contributed by atoms with E-state index in [0.29, 0.717) is 30.4 Å². The number of alkyl halides is 3. The molecule has 6 nitrogen and oxygen atoms in total. The molecule has 0 unspecified atom stereocenters. The first-order valence-corrected chi connectivity index (χ1v) is 8.62. The molecule has 1 aromatic rings. The van der Waals surface area contributed by atoms with Gasteiger partial charge in [0.15, 0.2) is 5.96 Å². The number of benzene rings is 1. The zero-order valence-electron chi connectivity index (χ0n) is 16.1. The summed E-state index contributed by atoms with van der Waals surface area (Å²) in [5, 5.41) is 6.04. The highest BCUT2D eigenvalue weighted by Crippen LogP contribution is 2.19. The van der Waals surface area contributed by atoms with Gasteiger partial charge in [0.1, 0.15) is 18.8 Å². The molecule has 0 atom stereocenters. The summed E-state index contributed by atoms with van der Waals surface area (Å²) in [5.41, 5.74) is 2.14. The Morgan fingerprint density at radius 1 is 1.30 bits per heavy atom. The maximum absolute atomic E-state index is 12.3. The molecule has 0 radical (unpaired) electrons. The average Bonchev–Trinajstić information content (AvgIpc) is 2.58. The second kappa shape index (κ2) is 10.6. The SMILES string of the molecule is CCNC(=NCC(=O)N(C)CC(F)(F)F)NCCc1cc(C)ccc1OC. The van der Waals surface area contributed by atoms with Gasteiger partial charge in [0, 0.05) is 20.1 Å². The highest BCUT2D eigenvalue weighted by Gasteiger charge is 2.31. The minimum absolute atomic E-state index is 0.365. The van der Waals surface area contributed by atoms with E-state index in [1.54, 1.807) is 7.11 Å². The molecule has 0 bridgehead atoms. The number of rotatable bonds is 8. The van der Waals surface area contributed by atoms with Crippen molar-refractivity contribution in [3.63, 3.8) is 0 Å². The molecule has 152 valence electrons. The van der Waals surface area contributed by atoms with Crippen LogP contribution in [0.4, 0.5) is 13.2 Å². The fourth-order valence-electron chi connectivity index (χ4n) is 2.38. The molecule has 2 N–H and O–H groups in total. The summed E-state index contributed by atoms with van der Waals surface area (Å²) in [6.07, 6.45) is -3.76. The van der Waals surface area contributed by atoms with Crippen LogP contribution in [-0.4, -0.2) is 63.3 Å². The largest absolute Gasteiger partial charge is 0.496 e. The molecular formula is C18H27F3N4O2. The lowest BCUT2D eigenvalue weighted by Gasteiger charge is -2.18. The lowest BCUT2D eigenvalue weighted by atomic mass is 10.1. The summed E-state index contributed by atoms with van der Waals surface area (Å²) in [5.74, 6) is 0.455. The lowest BCUT2D eigenvalue weighted by molar-refractivity contribution is -0.157. The number of methoxy groups -OCH3 is 1. The van der Waals surface area contributed by atoms with Gasteiger partial charge in [-0.3, -0.25) is 4.79 Å². The molecule has 0 aliphatic rings. The van der Waals surface area contributed by atoms with Crippen molar-refractivity contribution in [2.24, 2.45) is 4.99 Å². The van der Waals surface area contributed by atoms with Crippen molar-refractivity contribution in [3.8, 4) is 5.75 Å². The number of guanidine groups is 1. The predicted molar refractivity (Wildman–Crippen MR) is 99.1 cm³/mol. The van der Waals surface area contributed by atoms with E-state index in [0.717, 1.165) is 23.9 Å². The lowest BCUT2D eigenvalue weighted by Crippen LogP contribution is -2.40. The van der Waals surface area contributed by atoms with Crippen molar-refractivity contribution in [1.29, 1.82) is 0 Å².